The van der Waals surface area contributed by atoms with Crippen molar-refractivity contribution < 1.29 is 13.9 Å². The Morgan fingerprint density at radius 3 is 2.90 bits per heavy atom. The molecular weight excluding hydrogens is 325 g/mol. The van der Waals surface area contributed by atoms with Gasteiger partial charge in [-0.15, -0.1) is 0 Å². The van der Waals surface area contributed by atoms with Crippen LogP contribution < -0.4 is 14.8 Å². The van der Waals surface area contributed by atoms with Crippen molar-refractivity contribution in [2.75, 3.05) is 19.0 Å². The van der Waals surface area contributed by atoms with Crippen molar-refractivity contribution in [2.45, 2.75) is 6.04 Å². The molecule has 1 unspecified atom stereocenters. The summed E-state index contributed by atoms with van der Waals surface area (Å²) in [5.41, 5.74) is 1.73. The maximum atomic E-state index is 13.8. The van der Waals surface area contributed by atoms with Crippen LogP contribution in [0.3, 0.4) is 0 Å². The lowest BCUT2D eigenvalue weighted by atomic mass is 10.1. The summed E-state index contributed by atoms with van der Waals surface area (Å²) in [4.78, 5) is 0. The minimum absolute atomic E-state index is 0.0796. The molecule has 1 aliphatic heterocycles. The zero-order valence-electron chi connectivity index (χ0n) is 10.8. The van der Waals surface area contributed by atoms with Gasteiger partial charge in [0, 0.05) is 4.47 Å². The van der Waals surface area contributed by atoms with Gasteiger partial charge in [-0.2, -0.15) is 0 Å². The maximum Gasteiger partial charge on any atom is 0.165 e. The average Bonchev–Trinajstić information content (AvgIpc) is 2.46. The number of benzene rings is 2. The molecule has 5 heteroatoms. The van der Waals surface area contributed by atoms with Gasteiger partial charge < -0.3 is 14.8 Å². The molecule has 104 valence electrons. The zero-order chi connectivity index (χ0) is 14.1. The van der Waals surface area contributed by atoms with Crippen LogP contribution in [0.5, 0.6) is 11.5 Å². The summed E-state index contributed by atoms with van der Waals surface area (Å²) in [6.45, 7) is 0.454. The van der Waals surface area contributed by atoms with Crippen molar-refractivity contribution in [3.8, 4) is 11.5 Å². The second kappa shape index (κ2) is 5.32. The molecule has 0 amide bonds. The molecule has 0 bridgehead atoms. The highest BCUT2D eigenvalue weighted by Gasteiger charge is 2.21. The third-order valence-corrected chi connectivity index (χ3v) is 3.75. The molecule has 1 aliphatic rings. The van der Waals surface area contributed by atoms with E-state index in [4.69, 9.17) is 9.47 Å². The molecule has 1 heterocycles. The first-order valence-electron chi connectivity index (χ1n) is 6.19. The molecule has 0 spiro atoms. The summed E-state index contributed by atoms with van der Waals surface area (Å²) in [5, 5.41) is 3.35. The van der Waals surface area contributed by atoms with Crippen molar-refractivity contribution in [2.24, 2.45) is 0 Å². The van der Waals surface area contributed by atoms with Gasteiger partial charge in [0.15, 0.2) is 11.6 Å². The lowest BCUT2D eigenvalue weighted by Crippen LogP contribution is -2.24. The molecule has 0 fully saturated rings. The quantitative estimate of drug-likeness (QED) is 0.893. The summed E-state index contributed by atoms with van der Waals surface area (Å²) in [5.74, 6) is 0.674. The normalized spacial score (nSPS) is 16.9. The Balaban J connectivity index is 1.86. The van der Waals surface area contributed by atoms with Gasteiger partial charge in [-0.1, -0.05) is 22.0 Å². The summed E-state index contributed by atoms with van der Waals surface area (Å²) in [7, 11) is 1.45. The second-order valence-electron chi connectivity index (χ2n) is 4.54. The fraction of sp³-hybridized carbons (Fsp3) is 0.200. The van der Waals surface area contributed by atoms with E-state index in [-0.39, 0.29) is 17.6 Å². The molecular formula is C15H13BrFNO2. The van der Waals surface area contributed by atoms with Gasteiger partial charge in [-0.05, 0) is 35.9 Å². The molecule has 3 rings (SSSR count). The van der Waals surface area contributed by atoms with Gasteiger partial charge in [0.1, 0.15) is 12.4 Å². The molecule has 1 atom stereocenters. The van der Waals surface area contributed by atoms with Crippen LogP contribution in [0.25, 0.3) is 0 Å². The number of hydrogen-bond acceptors (Lipinski definition) is 3. The van der Waals surface area contributed by atoms with Crippen LogP contribution >= 0.6 is 15.9 Å². The van der Waals surface area contributed by atoms with Crippen LogP contribution in [0.4, 0.5) is 10.1 Å². The Labute approximate surface area is 124 Å². The van der Waals surface area contributed by atoms with E-state index < -0.39 is 0 Å². The minimum Gasteiger partial charge on any atom is -0.494 e. The Morgan fingerprint density at radius 2 is 2.15 bits per heavy atom. The van der Waals surface area contributed by atoms with E-state index in [2.05, 4.69) is 21.2 Å². The Bertz CT molecular complexity index is 648. The topological polar surface area (TPSA) is 30.5 Å². The Hall–Kier alpha value is -1.75. The van der Waals surface area contributed by atoms with E-state index >= 15 is 0 Å². The number of hydrogen-bond donors (Lipinski definition) is 1. The van der Waals surface area contributed by atoms with Crippen LogP contribution in [0.1, 0.15) is 11.6 Å². The standard InChI is InChI=1S/C15H13BrFNO2/c1-19-14-5-2-9(6-11(14)17)13-8-20-15-7-10(16)3-4-12(15)18-13/h2-7,13,18H,8H2,1H3. The van der Waals surface area contributed by atoms with E-state index in [1.54, 1.807) is 6.07 Å². The fourth-order valence-corrected chi connectivity index (χ4v) is 2.56. The minimum atomic E-state index is -0.367. The van der Waals surface area contributed by atoms with Crippen LogP contribution in [-0.4, -0.2) is 13.7 Å². The highest BCUT2D eigenvalue weighted by Crippen LogP contribution is 2.36. The number of nitrogens with one attached hydrogen (secondary N) is 1. The van der Waals surface area contributed by atoms with Crippen LogP contribution in [0.15, 0.2) is 40.9 Å². The van der Waals surface area contributed by atoms with Crippen molar-refractivity contribution >= 4 is 21.6 Å². The first kappa shape index (κ1) is 13.2. The zero-order valence-corrected chi connectivity index (χ0v) is 12.4. The van der Waals surface area contributed by atoms with Gasteiger partial charge in [0.25, 0.3) is 0 Å². The molecule has 20 heavy (non-hydrogen) atoms. The van der Waals surface area contributed by atoms with E-state index in [1.807, 2.05) is 24.3 Å². The third kappa shape index (κ3) is 2.45. The number of methoxy groups -OCH3 is 1. The van der Waals surface area contributed by atoms with Gasteiger partial charge in [0.05, 0.1) is 18.8 Å². The monoisotopic (exact) mass is 337 g/mol. The second-order valence-corrected chi connectivity index (χ2v) is 5.46. The molecule has 0 aliphatic carbocycles. The lowest BCUT2D eigenvalue weighted by Gasteiger charge is -2.28. The number of anilines is 1. The highest BCUT2D eigenvalue weighted by atomic mass is 79.9. The predicted molar refractivity (Wildman–Crippen MR) is 79.0 cm³/mol. The largest absolute Gasteiger partial charge is 0.494 e. The Kier molecular flexibility index (Phi) is 3.53. The van der Waals surface area contributed by atoms with E-state index in [1.165, 1.54) is 13.2 Å². The van der Waals surface area contributed by atoms with Crippen molar-refractivity contribution in [3.05, 3.63) is 52.3 Å². The highest BCUT2D eigenvalue weighted by molar-refractivity contribution is 9.10. The number of rotatable bonds is 2. The van der Waals surface area contributed by atoms with Crippen LogP contribution in [0.2, 0.25) is 0 Å². The molecule has 2 aromatic rings. The summed E-state index contributed by atoms with van der Waals surface area (Å²) >= 11 is 3.40. The Morgan fingerprint density at radius 1 is 1.30 bits per heavy atom. The number of fused-ring (bicyclic) bond motifs is 1. The molecule has 0 saturated heterocycles. The molecule has 0 radical (unpaired) electrons. The SMILES string of the molecule is COc1ccc(C2COc3cc(Br)ccc3N2)cc1F. The van der Waals surface area contributed by atoms with Crippen molar-refractivity contribution in [3.63, 3.8) is 0 Å². The first-order chi connectivity index (χ1) is 9.67. The van der Waals surface area contributed by atoms with Crippen LogP contribution in [0, 0.1) is 5.82 Å². The van der Waals surface area contributed by atoms with E-state index in [0.29, 0.717) is 6.61 Å². The van der Waals surface area contributed by atoms with E-state index in [9.17, 15) is 4.39 Å². The van der Waals surface area contributed by atoms with E-state index in [0.717, 1.165) is 21.5 Å². The van der Waals surface area contributed by atoms with Crippen molar-refractivity contribution in [1.29, 1.82) is 0 Å². The lowest BCUT2D eigenvalue weighted by molar-refractivity contribution is 0.286. The maximum absolute atomic E-state index is 13.8. The summed E-state index contributed by atoms with van der Waals surface area (Å²) in [6.07, 6.45) is 0. The third-order valence-electron chi connectivity index (χ3n) is 3.26. The molecule has 3 nitrogen and oxygen atoms in total. The van der Waals surface area contributed by atoms with Gasteiger partial charge in [-0.3, -0.25) is 0 Å². The summed E-state index contributed by atoms with van der Waals surface area (Å²) in [6, 6.07) is 10.6. The fourth-order valence-electron chi connectivity index (χ4n) is 2.22. The van der Waals surface area contributed by atoms with Gasteiger partial charge in [-0.25, -0.2) is 4.39 Å². The first-order valence-corrected chi connectivity index (χ1v) is 6.99. The van der Waals surface area contributed by atoms with Crippen molar-refractivity contribution in [1.82, 2.24) is 0 Å². The molecule has 0 aromatic heterocycles. The smallest absolute Gasteiger partial charge is 0.165 e. The number of halogens is 2. The van der Waals surface area contributed by atoms with Gasteiger partial charge >= 0.3 is 0 Å². The molecule has 2 aromatic carbocycles. The predicted octanol–water partition coefficient (Wildman–Crippen LogP) is 4.14. The average molecular weight is 338 g/mol. The summed E-state index contributed by atoms with van der Waals surface area (Å²) < 4.78 is 25.4. The van der Waals surface area contributed by atoms with Crippen LogP contribution in [-0.2, 0) is 0 Å². The number of ether oxygens (including phenoxy) is 2. The van der Waals surface area contributed by atoms with Gasteiger partial charge in [0.2, 0.25) is 0 Å². The molecule has 0 saturated carbocycles. The molecule has 1 N–H and O–H groups in total.